The second kappa shape index (κ2) is 7.84. The molecule has 2 aromatic carbocycles. The van der Waals surface area contributed by atoms with Crippen LogP contribution in [-0.2, 0) is 9.59 Å². The summed E-state index contributed by atoms with van der Waals surface area (Å²) in [6, 6.07) is 13.8. The first-order valence-corrected chi connectivity index (χ1v) is 6.98. The molecule has 0 unspecified atom stereocenters. The van der Waals surface area contributed by atoms with E-state index in [-0.39, 0.29) is 6.42 Å². The summed E-state index contributed by atoms with van der Waals surface area (Å²) in [6.45, 7) is 0. The molecule has 6 heteroatoms. The van der Waals surface area contributed by atoms with E-state index in [2.05, 4.69) is 10.6 Å². The zero-order chi connectivity index (χ0) is 16.7. The standard InChI is InChI=1S/C17H18N2O4/c1-22-14-7-3-5-12(9-14)18-16(20)11-17(21)19-13-6-4-8-15(10-13)23-2/h3-10H,11H2,1-2H3,(H,18,20)(H,19,21). The topological polar surface area (TPSA) is 76.7 Å². The molecule has 2 N–H and O–H groups in total. The molecular formula is C17H18N2O4. The lowest BCUT2D eigenvalue weighted by atomic mass is 10.2. The van der Waals surface area contributed by atoms with Gasteiger partial charge in [0.1, 0.15) is 17.9 Å². The lowest BCUT2D eigenvalue weighted by molar-refractivity contribution is -0.123. The molecule has 120 valence electrons. The Morgan fingerprint density at radius 3 is 1.65 bits per heavy atom. The molecule has 0 radical (unpaired) electrons. The molecule has 0 atom stereocenters. The smallest absolute Gasteiger partial charge is 0.233 e. The van der Waals surface area contributed by atoms with E-state index in [9.17, 15) is 9.59 Å². The summed E-state index contributed by atoms with van der Waals surface area (Å²) < 4.78 is 10.2. The number of hydrogen-bond donors (Lipinski definition) is 2. The minimum Gasteiger partial charge on any atom is -0.497 e. The van der Waals surface area contributed by atoms with E-state index in [1.54, 1.807) is 62.8 Å². The number of anilines is 2. The molecule has 0 bridgehead atoms. The van der Waals surface area contributed by atoms with Gasteiger partial charge in [-0.3, -0.25) is 9.59 Å². The molecule has 0 spiro atoms. The van der Waals surface area contributed by atoms with Crippen LogP contribution in [0, 0.1) is 0 Å². The van der Waals surface area contributed by atoms with Gasteiger partial charge in [0.15, 0.2) is 0 Å². The number of carbonyl (C=O) groups is 2. The van der Waals surface area contributed by atoms with Crippen molar-refractivity contribution in [1.29, 1.82) is 0 Å². The molecule has 0 saturated heterocycles. The highest BCUT2D eigenvalue weighted by atomic mass is 16.5. The maximum absolute atomic E-state index is 11.9. The Morgan fingerprint density at radius 2 is 1.26 bits per heavy atom. The molecule has 0 saturated carbocycles. The average Bonchev–Trinajstić information content (AvgIpc) is 2.54. The summed E-state index contributed by atoms with van der Waals surface area (Å²) in [6.07, 6.45) is -0.283. The van der Waals surface area contributed by atoms with Crippen LogP contribution in [0.4, 0.5) is 11.4 Å². The van der Waals surface area contributed by atoms with Crippen molar-refractivity contribution in [2.24, 2.45) is 0 Å². The third-order valence-corrected chi connectivity index (χ3v) is 3.03. The first kappa shape index (κ1) is 16.4. The first-order valence-electron chi connectivity index (χ1n) is 6.98. The molecule has 2 aromatic rings. The van der Waals surface area contributed by atoms with Gasteiger partial charge < -0.3 is 20.1 Å². The Labute approximate surface area is 134 Å². The van der Waals surface area contributed by atoms with Gasteiger partial charge in [0, 0.05) is 23.5 Å². The Kier molecular flexibility index (Phi) is 5.57. The number of amides is 2. The average molecular weight is 314 g/mol. The molecule has 6 nitrogen and oxygen atoms in total. The monoisotopic (exact) mass is 314 g/mol. The minimum atomic E-state index is -0.404. The summed E-state index contributed by atoms with van der Waals surface area (Å²) in [7, 11) is 3.09. The van der Waals surface area contributed by atoms with Gasteiger partial charge in [0.05, 0.1) is 14.2 Å². The SMILES string of the molecule is COc1cccc(NC(=O)CC(=O)Nc2cccc(OC)c2)c1. The van der Waals surface area contributed by atoms with E-state index in [0.717, 1.165) is 0 Å². The van der Waals surface area contributed by atoms with Gasteiger partial charge in [-0.05, 0) is 24.3 Å². The highest BCUT2D eigenvalue weighted by molar-refractivity contribution is 6.08. The summed E-state index contributed by atoms with van der Waals surface area (Å²) >= 11 is 0. The Morgan fingerprint density at radius 1 is 0.826 bits per heavy atom. The van der Waals surface area contributed by atoms with Gasteiger partial charge in [-0.15, -0.1) is 0 Å². The molecule has 0 aliphatic carbocycles. The van der Waals surface area contributed by atoms with Gasteiger partial charge in [0.25, 0.3) is 0 Å². The number of benzene rings is 2. The van der Waals surface area contributed by atoms with Crippen molar-refractivity contribution in [3.63, 3.8) is 0 Å². The van der Waals surface area contributed by atoms with Crippen LogP contribution in [-0.4, -0.2) is 26.0 Å². The minimum absolute atomic E-state index is 0.283. The highest BCUT2D eigenvalue weighted by Gasteiger charge is 2.10. The second-order valence-electron chi connectivity index (χ2n) is 4.74. The molecule has 2 amide bonds. The van der Waals surface area contributed by atoms with E-state index in [4.69, 9.17) is 9.47 Å². The number of methoxy groups -OCH3 is 2. The lowest BCUT2D eigenvalue weighted by Crippen LogP contribution is -2.21. The van der Waals surface area contributed by atoms with Crippen LogP contribution in [0.1, 0.15) is 6.42 Å². The van der Waals surface area contributed by atoms with Gasteiger partial charge in [-0.2, -0.15) is 0 Å². The molecule has 23 heavy (non-hydrogen) atoms. The van der Waals surface area contributed by atoms with Crippen molar-refractivity contribution in [1.82, 2.24) is 0 Å². The van der Waals surface area contributed by atoms with E-state index in [0.29, 0.717) is 22.9 Å². The van der Waals surface area contributed by atoms with E-state index in [1.165, 1.54) is 0 Å². The lowest BCUT2D eigenvalue weighted by Gasteiger charge is -2.08. The molecule has 0 aliphatic heterocycles. The van der Waals surface area contributed by atoms with E-state index >= 15 is 0 Å². The van der Waals surface area contributed by atoms with Gasteiger partial charge in [0.2, 0.25) is 11.8 Å². The van der Waals surface area contributed by atoms with Gasteiger partial charge >= 0.3 is 0 Å². The Balaban J connectivity index is 1.90. The fraction of sp³-hybridized carbons (Fsp3) is 0.176. The van der Waals surface area contributed by atoms with Crippen LogP contribution >= 0.6 is 0 Å². The Hall–Kier alpha value is -3.02. The molecule has 0 fully saturated rings. The summed E-state index contributed by atoms with van der Waals surface area (Å²) in [5, 5.41) is 5.30. The fourth-order valence-electron chi connectivity index (χ4n) is 1.96. The predicted molar refractivity (Wildman–Crippen MR) is 87.9 cm³/mol. The van der Waals surface area contributed by atoms with Crippen LogP contribution in [0.15, 0.2) is 48.5 Å². The number of hydrogen-bond acceptors (Lipinski definition) is 4. The summed E-state index contributed by atoms with van der Waals surface area (Å²) in [5.74, 6) is 0.449. The molecule has 0 aliphatic rings. The van der Waals surface area contributed by atoms with Crippen molar-refractivity contribution >= 4 is 23.2 Å². The number of rotatable bonds is 6. The zero-order valence-electron chi connectivity index (χ0n) is 13.0. The second-order valence-corrected chi connectivity index (χ2v) is 4.74. The maximum atomic E-state index is 11.9. The number of carbonyl (C=O) groups excluding carboxylic acids is 2. The van der Waals surface area contributed by atoms with Crippen molar-refractivity contribution in [3.05, 3.63) is 48.5 Å². The van der Waals surface area contributed by atoms with E-state index in [1.807, 2.05) is 0 Å². The van der Waals surface area contributed by atoms with Crippen molar-refractivity contribution < 1.29 is 19.1 Å². The summed E-state index contributed by atoms with van der Waals surface area (Å²) in [5.41, 5.74) is 1.15. The van der Waals surface area contributed by atoms with Crippen LogP contribution in [0.25, 0.3) is 0 Å². The molecular weight excluding hydrogens is 296 g/mol. The Bertz CT molecular complexity index is 641. The van der Waals surface area contributed by atoms with Crippen molar-refractivity contribution in [3.8, 4) is 11.5 Å². The van der Waals surface area contributed by atoms with Crippen LogP contribution in [0.3, 0.4) is 0 Å². The fourth-order valence-corrected chi connectivity index (χ4v) is 1.96. The predicted octanol–water partition coefficient (Wildman–Crippen LogP) is 2.67. The van der Waals surface area contributed by atoms with Crippen molar-refractivity contribution in [2.45, 2.75) is 6.42 Å². The van der Waals surface area contributed by atoms with Crippen LogP contribution < -0.4 is 20.1 Å². The zero-order valence-corrected chi connectivity index (χ0v) is 13.0. The van der Waals surface area contributed by atoms with Gasteiger partial charge in [-0.1, -0.05) is 12.1 Å². The highest BCUT2D eigenvalue weighted by Crippen LogP contribution is 2.18. The number of nitrogens with one attached hydrogen (secondary N) is 2. The first-order chi connectivity index (χ1) is 11.1. The number of ether oxygens (including phenoxy) is 2. The quantitative estimate of drug-likeness (QED) is 0.804. The normalized spacial score (nSPS) is 9.83. The van der Waals surface area contributed by atoms with Crippen LogP contribution in [0.5, 0.6) is 11.5 Å². The summed E-state index contributed by atoms with van der Waals surface area (Å²) in [4.78, 5) is 23.8. The van der Waals surface area contributed by atoms with Crippen molar-refractivity contribution in [2.75, 3.05) is 24.9 Å². The maximum Gasteiger partial charge on any atom is 0.233 e. The third kappa shape index (κ3) is 5.03. The van der Waals surface area contributed by atoms with Crippen LogP contribution in [0.2, 0.25) is 0 Å². The van der Waals surface area contributed by atoms with E-state index < -0.39 is 11.8 Å². The van der Waals surface area contributed by atoms with Gasteiger partial charge in [-0.25, -0.2) is 0 Å². The largest absolute Gasteiger partial charge is 0.497 e. The molecule has 0 aromatic heterocycles. The molecule has 2 rings (SSSR count). The molecule has 0 heterocycles. The third-order valence-electron chi connectivity index (χ3n) is 3.03.